The van der Waals surface area contributed by atoms with Crippen molar-refractivity contribution in [3.05, 3.63) is 71.8 Å². The van der Waals surface area contributed by atoms with Gasteiger partial charge in [-0.25, -0.2) is 0 Å². The van der Waals surface area contributed by atoms with Crippen LogP contribution >= 0.6 is 11.6 Å². The van der Waals surface area contributed by atoms with Crippen LogP contribution in [-0.4, -0.2) is 10.7 Å². The summed E-state index contributed by atoms with van der Waals surface area (Å²) in [6.07, 6.45) is 2.09. The summed E-state index contributed by atoms with van der Waals surface area (Å²) in [6, 6.07) is 21.1. The van der Waals surface area contributed by atoms with Gasteiger partial charge in [-0.1, -0.05) is 72.3 Å². The molecule has 1 nitrogen and oxygen atoms in total. The Hall–Kier alpha value is -1.31. The summed E-state index contributed by atoms with van der Waals surface area (Å²) in [5, 5.41) is -0.707. The van der Waals surface area contributed by atoms with E-state index in [1.807, 2.05) is 12.1 Å². The predicted molar refractivity (Wildman–Crippen MR) is 97.0 cm³/mol. The topological polar surface area (TPSA) is 9.23 Å². The fourth-order valence-corrected chi connectivity index (χ4v) is 4.44. The Labute approximate surface area is 144 Å². The molecule has 1 fully saturated rings. The Balaban J connectivity index is 2.02. The summed E-state index contributed by atoms with van der Waals surface area (Å²) in [4.78, 5) is 0. The molecule has 0 amide bonds. The summed E-state index contributed by atoms with van der Waals surface area (Å²) in [6.45, 7) is 6.25. The number of ether oxygens (including phenoxy) is 1. The van der Waals surface area contributed by atoms with E-state index in [-0.39, 0.29) is 17.4 Å². The van der Waals surface area contributed by atoms with E-state index in [2.05, 4.69) is 69.3 Å². The van der Waals surface area contributed by atoms with Gasteiger partial charge < -0.3 is 4.74 Å². The summed E-state index contributed by atoms with van der Waals surface area (Å²) >= 11 is 7.23. The largest absolute Gasteiger partial charge is 0.353 e. The molecule has 1 unspecified atom stereocenters. The van der Waals surface area contributed by atoms with Gasteiger partial charge in [0.15, 0.2) is 5.06 Å². The molecule has 23 heavy (non-hydrogen) atoms. The van der Waals surface area contributed by atoms with E-state index in [1.165, 1.54) is 11.1 Å². The molecule has 0 bridgehead atoms. The quantitative estimate of drug-likeness (QED) is 0.619. The molecule has 1 aliphatic rings. The highest BCUT2D eigenvalue weighted by atomic mass is 35.5. The van der Waals surface area contributed by atoms with Gasteiger partial charge in [-0.2, -0.15) is 0 Å². The molecule has 122 valence electrons. The van der Waals surface area contributed by atoms with Gasteiger partial charge in [-0.3, -0.25) is 0 Å². The Morgan fingerprint density at radius 3 is 1.57 bits per heavy atom. The average molecular weight is 329 g/mol. The zero-order valence-corrected chi connectivity index (χ0v) is 14.9. The van der Waals surface area contributed by atoms with E-state index in [4.69, 9.17) is 16.3 Å². The van der Waals surface area contributed by atoms with Crippen molar-refractivity contribution in [1.82, 2.24) is 0 Å². The molecule has 0 radical (unpaired) electrons. The first-order valence-electron chi connectivity index (χ1n) is 8.39. The Morgan fingerprint density at radius 2 is 1.22 bits per heavy atom. The van der Waals surface area contributed by atoms with Crippen LogP contribution in [0.2, 0.25) is 0 Å². The van der Waals surface area contributed by atoms with E-state index in [0.717, 1.165) is 12.8 Å². The van der Waals surface area contributed by atoms with Crippen LogP contribution in [0, 0.1) is 0 Å². The van der Waals surface area contributed by atoms with E-state index in [9.17, 15) is 0 Å². The first-order chi connectivity index (χ1) is 10.9. The van der Waals surface area contributed by atoms with Crippen LogP contribution in [0.3, 0.4) is 0 Å². The first-order valence-corrected chi connectivity index (χ1v) is 8.77. The molecule has 0 aliphatic heterocycles. The second-order valence-electron chi connectivity index (χ2n) is 7.42. The molecular weight excluding hydrogens is 304 g/mol. The molecule has 0 spiro atoms. The molecule has 1 aliphatic carbocycles. The minimum absolute atomic E-state index is 0.204. The van der Waals surface area contributed by atoms with Crippen molar-refractivity contribution in [3.63, 3.8) is 0 Å². The van der Waals surface area contributed by atoms with Gasteiger partial charge >= 0.3 is 0 Å². The highest BCUT2D eigenvalue weighted by molar-refractivity contribution is 6.24. The van der Waals surface area contributed by atoms with Crippen molar-refractivity contribution in [3.8, 4) is 0 Å². The lowest BCUT2D eigenvalue weighted by molar-refractivity contribution is -0.0970. The van der Waals surface area contributed by atoms with Crippen molar-refractivity contribution in [1.29, 1.82) is 0 Å². The maximum Gasteiger partial charge on any atom is 0.156 e. The smallest absolute Gasteiger partial charge is 0.156 e. The molecule has 0 aromatic heterocycles. The number of alkyl halides is 1. The fourth-order valence-electron chi connectivity index (χ4n) is 3.74. The van der Waals surface area contributed by atoms with Crippen molar-refractivity contribution in [2.24, 2.45) is 0 Å². The van der Waals surface area contributed by atoms with Gasteiger partial charge in [0.25, 0.3) is 0 Å². The van der Waals surface area contributed by atoms with Gasteiger partial charge in [0, 0.05) is 11.8 Å². The maximum atomic E-state index is 7.23. The Bertz CT molecular complexity index is 582. The van der Waals surface area contributed by atoms with Crippen molar-refractivity contribution in [2.75, 3.05) is 0 Å². The van der Waals surface area contributed by atoms with Crippen LogP contribution in [0.4, 0.5) is 0 Å². The van der Waals surface area contributed by atoms with E-state index in [1.54, 1.807) is 0 Å². The predicted octanol–water partition coefficient (Wildman–Crippen LogP) is 6.10. The molecule has 0 heterocycles. The minimum Gasteiger partial charge on any atom is -0.353 e. The van der Waals surface area contributed by atoms with Crippen molar-refractivity contribution >= 4 is 11.6 Å². The third-order valence-corrected chi connectivity index (χ3v) is 5.16. The van der Waals surface area contributed by atoms with Crippen LogP contribution in [0.25, 0.3) is 0 Å². The lowest BCUT2D eigenvalue weighted by Gasteiger charge is -2.40. The number of benzene rings is 2. The standard InChI is InChI=1S/C21H25ClO/c1-20(2,3)23-21(22)18(16-10-6-4-7-11-16)14-15-19(21)17-12-8-5-9-13-17/h4-13,18-19H,14-15H2,1-3H3/t18-,19+,21?. The lowest BCUT2D eigenvalue weighted by atomic mass is 9.88. The van der Waals surface area contributed by atoms with Crippen LogP contribution in [0.1, 0.15) is 56.6 Å². The molecule has 2 aromatic rings. The summed E-state index contributed by atoms with van der Waals surface area (Å²) in [5.74, 6) is 0.407. The fraction of sp³-hybridized carbons (Fsp3) is 0.429. The zero-order valence-electron chi connectivity index (χ0n) is 14.1. The van der Waals surface area contributed by atoms with Gasteiger partial charge in [-0.15, -0.1) is 0 Å². The molecule has 1 saturated carbocycles. The SMILES string of the molecule is CC(C)(C)OC1(Cl)[C@@H](c2ccccc2)CC[C@H]1c1ccccc1. The highest BCUT2D eigenvalue weighted by Gasteiger charge is 2.53. The van der Waals surface area contributed by atoms with Crippen molar-refractivity contribution in [2.45, 2.75) is 56.1 Å². The number of halogens is 1. The molecule has 3 rings (SSSR count). The summed E-state index contributed by atoms with van der Waals surface area (Å²) in [7, 11) is 0. The Kier molecular flexibility index (Phi) is 4.53. The average Bonchev–Trinajstić information content (AvgIpc) is 2.83. The monoisotopic (exact) mass is 328 g/mol. The highest BCUT2D eigenvalue weighted by Crippen LogP contribution is 2.57. The van der Waals surface area contributed by atoms with Gasteiger partial charge in [0.2, 0.25) is 0 Å². The van der Waals surface area contributed by atoms with Crippen LogP contribution in [-0.2, 0) is 4.74 Å². The molecule has 2 heteroatoms. The number of hydrogen-bond acceptors (Lipinski definition) is 1. The molecule has 2 aromatic carbocycles. The summed E-state index contributed by atoms with van der Waals surface area (Å²) in [5.41, 5.74) is 2.25. The van der Waals surface area contributed by atoms with E-state index < -0.39 is 5.06 Å². The second-order valence-corrected chi connectivity index (χ2v) is 8.01. The summed E-state index contributed by atoms with van der Waals surface area (Å²) < 4.78 is 6.49. The lowest BCUT2D eigenvalue weighted by Crippen LogP contribution is -2.41. The third kappa shape index (κ3) is 3.46. The number of hydrogen-bond donors (Lipinski definition) is 0. The molecule has 0 N–H and O–H groups in total. The van der Waals surface area contributed by atoms with Crippen LogP contribution in [0.15, 0.2) is 60.7 Å². The third-order valence-electron chi connectivity index (χ3n) is 4.56. The maximum absolute atomic E-state index is 7.23. The van der Waals surface area contributed by atoms with E-state index >= 15 is 0 Å². The number of rotatable bonds is 3. The Morgan fingerprint density at radius 1 is 0.826 bits per heavy atom. The normalized spacial score (nSPS) is 28.0. The second kappa shape index (κ2) is 6.30. The van der Waals surface area contributed by atoms with Crippen LogP contribution < -0.4 is 0 Å². The molecular formula is C21H25ClO. The zero-order chi connectivity index (χ0) is 16.5. The molecule has 3 atom stereocenters. The van der Waals surface area contributed by atoms with Gasteiger partial charge in [0.05, 0.1) is 5.60 Å². The van der Waals surface area contributed by atoms with Crippen LogP contribution in [0.5, 0.6) is 0 Å². The van der Waals surface area contributed by atoms with Crippen molar-refractivity contribution < 1.29 is 4.74 Å². The van der Waals surface area contributed by atoms with E-state index in [0.29, 0.717) is 0 Å². The first kappa shape index (κ1) is 16.5. The van der Waals surface area contributed by atoms with Gasteiger partial charge in [0.1, 0.15) is 0 Å². The minimum atomic E-state index is -0.707. The molecule has 0 saturated heterocycles. The van der Waals surface area contributed by atoms with Gasteiger partial charge in [-0.05, 0) is 44.7 Å².